The van der Waals surface area contributed by atoms with Crippen LogP contribution in [0.25, 0.3) is 0 Å². The lowest BCUT2D eigenvalue weighted by atomic mass is 9.98. The summed E-state index contributed by atoms with van der Waals surface area (Å²) in [5, 5.41) is 14.2. The zero-order valence-corrected chi connectivity index (χ0v) is 10.9. The Labute approximate surface area is 116 Å². The van der Waals surface area contributed by atoms with Crippen molar-refractivity contribution in [3.05, 3.63) is 35.4 Å². The average Bonchev–Trinajstić information content (AvgIpc) is 2.42. The molecule has 1 aliphatic rings. The molecule has 0 radical (unpaired) electrons. The Kier molecular flexibility index (Phi) is 4.47. The molecule has 1 aromatic rings. The lowest BCUT2D eigenvalue weighted by Crippen LogP contribution is -2.44. The van der Waals surface area contributed by atoms with E-state index in [2.05, 4.69) is 10.6 Å². The van der Waals surface area contributed by atoms with Gasteiger partial charge in [-0.15, -0.1) is 0 Å². The zero-order chi connectivity index (χ0) is 14.5. The number of hydrogen-bond acceptors (Lipinski definition) is 4. The van der Waals surface area contributed by atoms with Gasteiger partial charge in [-0.3, -0.25) is 14.9 Å². The number of piperidine rings is 1. The number of amides is 2. The Balaban J connectivity index is 1.79. The Morgan fingerprint density at radius 1 is 1.30 bits per heavy atom. The average molecular weight is 276 g/mol. The van der Waals surface area contributed by atoms with E-state index in [1.165, 1.54) is 0 Å². The van der Waals surface area contributed by atoms with Crippen LogP contribution < -0.4 is 10.6 Å². The van der Waals surface area contributed by atoms with Crippen molar-refractivity contribution in [1.82, 2.24) is 10.6 Å². The second-order valence-electron chi connectivity index (χ2n) is 4.78. The van der Waals surface area contributed by atoms with Gasteiger partial charge in [-0.05, 0) is 24.1 Å². The normalized spacial score (nSPS) is 18.7. The number of carbonyl (C=O) groups excluding carboxylic acids is 2. The summed E-state index contributed by atoms with van der Waals surface area (Å²) in [4.78, 5) is 33.2. The van der Waals surface area contributed by atoms with E-state index in [1.54, 1.807) is 24.3 Å². The van der Waals surface area contributed by atoms with Crippen LogP contribution in [0.5, 0.6) is 0 Å². The zero-order valence-electron chi connectivity index (χ0n) is 10.9. The number of aromatic carboxylic acids is 1. The molecule has 1 heterocycles. The summed E-state index contributed by atoms with van der Waals surface area (Å²) in [6.45, 7) is 1.05. The summed E-state index contributed by atoms with van der Waals surface area (Å²) in [6.07, 6.45) is 0.945. The minimum absolute atomic E-state index is 0.189. The molecule has 1 aromatic carbocycles. The van der Waals surface area contributed by atoms with E-state index < -0.39 is 5.97 Å². The van der Waals surface area contributed by atoms with E-state index in [9.17, 15) is 14.4 Å². The molecule has 2 rings (SSSR count). The maximum Gasteiger partial charge on any atom is 0.335 e. The van der Waals surface area contributed by atoms with Gasteiger partial charge in [0.05, 0.1) is 11.5 Å². The fourth-order valence-corrected chi connectivity index (χ4v) is 2.09. The fraction of sp³-hybridized carbons (Fsp3) is 0.357. The van der Waals surface area contributed by atoms with E-state index in [-0.39, 0.29) is 23.3 Å². The second-order valence-corrected chi connectivity index (χ2v) is 4.78. The highest BCUT2D eigenvalue weighted by Crippen LogP contribution is 2.11. The molecule has 20 heavy (non-hydrogen) atoms. The summed E-state index contributed by atoms with van der Waals surface area (Å²) in [7, 11) is 0. The van der Waals surface area contributed by atoms with Gasteiger partial charge in [0.1, 0.15) is 0 Å². The van der Waals surface area contributed by atoms with Gasteiger partial charge in [-0.2, -0.15) is 0 Å². The third-order valence-electron chi connectivity index (χ3n) is 3.27. The molecule has 106 valence electrons. The van der Waals surface area contributed by atoms with Crippen molar-refractivity contribution in [2.75, 3.05) is 6.54 Å². The van der Waals surface area contributed by atoms with Gasteiger partial charge in [0.25, 0.3) is 0 Å². The van der Waals surface area contributed by atoms with Gasteiger partial charge in [0.2, 0.25) is 11.8 Å². The van der Waals surface area contributed by atoms with Crippen molar-refractivity contribution in [3.63, 3.8) is 0 Å². The third-order valence-corrected chi connectivity index (χ3v) is 3.27. The number of nitrogens with one attached hydrogen (secondary N) is 2. The monoisotopic (exact) mass is 276 g/mol. The Morgan fingerprint density at radius 2 is 2.00 bits per heavy atom. The summed E-state index contributed by atoms with van der Waals surface area (Å²) < 4.78 is 0. The predicted octanol–water partition coefficient (Wildman–Crippen LogP) is 0.527. The molecule has 1 fully saturated rings. The molecule has 6 nitrogen and oxygen atoms in total. The molecular formula is C14H16N2O4. The molecule has 0 saturated carbocycles. The molecule has 1 saturated heterocycles. The highest BCUT2D eigenvalue weighted by Gasteiger charge is 2.25. The molecule has 0 aliphatic carbocycles. The summed E-state index contributed by atoms with van der Waals surface area (Å²) in [5.41, 5.74) is 1.20. The van der Waals surface area contributed by atoms with E-state index >= 15 is 0 Å². The van der Waals surface area contributed by atoms with Crippen molar-refractivity contribution < 1.29 is 19.5 Å². The van der Waals surface area contributed by atoms with Gasteiger partial charge < -0.3 is 10.4 Å². The second kappa shape index (κ2) is 6.29. The van der Waals surface area contributed by atoms with Crippen molar-refractivity contribution in [1.29, 1.82) is 0 Å². The smallest absolute Gasteiger partial charge is 0.335 e. The number of imide groups is 1. The number of carbonyl (C=O) groups is 3. The molecule has 1 aliphatic heterocycles. The minimum Gasteiger partial charge on any atom is -0.478 e. The van der Waals surface area contributed by atoms with E-state index in [4.69, 9.17) is 5.11 Å². The summed E-state index contributed by atoms with van der Waals surface area (Å²) in [6, 6.07) is 6.57. The van der Waals surface area contributed by atoms with Crippen molar-refractivity contribution >= 4 is 17.8 Å². The van der Waals surface area contributed by atoms with Crippen LogP contribution in [-0.2, 0) is 16.1 Å². The molecular weight excluding hydrogens is 260 g/mol. The number of carboxylic acids is 1. The highest BCUT2D eigenvalue weighted by atomic mass is 16.4. The Bertz CT molecular complexity index is 524. The third kappa shape index (κ3) is 3.64. The molecule has 2 amide bonds. The Morgan fingerprint density at radius 3 is 2.60 bits per heavy atom. The van der Waals surface area contributed by atoms with Crippen LogP contribution in [0.3, 0.4) is 0 Å². The van der Waals surface area contributed by atoms with Crippen molar-refractivity contribution in [2.24, 2.45) is 5.92 Å². The van der Waals surface area contributed by atoms with Gasteiger partial charge in [-0.25, -0.2) is 4.79 Å². The van der Waals surface area contributed by atoms with Crippen LogP contribution in [0, 0.1) is 5.92 Å². The first kappa shape index (κ1) is 14.2. The van der Waals surface area contributed by atoms with Crippen LogP contribution in [0.4, 0.5) is 0 Å². The van der Waals surface area contributed by atoms with Gasteiger partial charge in [0.15, 0.2) is 0 Å². The first-order chi connectivity index (χ1) is 9.56. The standard InChI is InChI=1S/C14H16N2O4/c17-12-6-5-11(13(18)16-12)8-15-7-9-1-3-10(4-2-9)14(19)20/h1-4,11,15H,5-8H2,(H,19,20)(H,16,17,18). The largest absolute Gasteiger partial charge is 0.478 e. The van der Waals surface area contributed by atoms with Crippen LogP contribution in [-0.4, -0.2) is 29.4 Å². The van der Waals surface area contributed by atoms with Crippen molar-refractivity contribution in [3.8, 4) is 0 Å². The first-order valence-corrected chi connectivity index (χ1v) is 6.43. The van der Waals surface area contributed by atoms with Crippen LogP contribution in [0.15, 0.2) is 24.3 Å². The van der Waals surface area contributed by atoms with Gasteiger partial charge in [0, 0.05) is 19.5 Å². The van der Waals surface area contributed by atoms with Crippen LogP contribution >= 0.6 is 0 Å². The molecule has 0 spiro atoms. The quantitative estimate of drug-likeness (QED) is 0.682. The lowest BCUT2D eigenvalue weighted by molar-refractivity contribution is -0.136. The SMILES string of the molecule is O=C1CCC(CNCc2ccc(C(=O)O)cc2)C(=O)N1. The number of benzene rings is 1. The van der Waals surface area contributed by atoms with Gasteiger partial charge >= 0.3 is 5.97 Å². The number of rotatable bonds is 5. The molecule has 1 atom stereocenters. The molecule has 6 heteroatoms. The summed E-state index contributed by atoms with van der Waals surface area (Å²) in [5.74, 6) is -1.58. The maximum absolute atomic E-state index is 11.5. The van der Waals surface area contributed by atoms with Gasteiger partial charge in [-0.1, -0.05) is 12.1 Å². The Hall–Kier alpha value is -2.21. The fourth-order valence-electron chi connectivity index (χ4n) is 2.09. The first-order valence-electron chi connectivity index (χ1n) is 6.43. The van der Waals surface area contributed by atoms with E-state index in [0.717, 1.165) is 5.56 Å². The predicted molar refractivity (Wildman–Crippen MR) is 71.0 cm³/mol. The van der Waals surface area contributed by atoms with E-state index in [0.29, 0.717) is 25.9 Å². The lowest BCUT2D eigenvalue weighted by Gasteiger charge is -2.21. The topological polar surface area (TPSA) is 95.5 Å². The van der Waals surface area contributed by atoms with Crippen LogP contribution in [0.2, 0.25) is 0 Å². The minimum atomic E-state index is -0.951. The maximum atomic E-state index is 11.5. The van der Waals surface area contributed by atoms with Crippen molar-refractivity contribution in [2.45, 2.75) is 19.4 Å². The molecule has 3 N–H and O–H groups in total. The molecule has 0 aromatic heterocycles. The van der Waals surface area contributed by atoms with E-state index in [1.807, 2.05) is 0 Å². The number of carboxylic acid groups (broad SMARTS) is 1. The number of hydrogen-bond donors (Lipinski definition) is 3. The molecule has 1 unspecified atom stereocenters. The molecule has 0 bridgehead atoms. The van der Waals surface area contributed by atoms with Crippen LogP contribution in [0.1, 0.15) is 28.8 Å². The summed E-state index contributed by atoms with van der Waals surface area (Å²) >= 11 is 0. The highest BCUT2D eigenvalue weighted by molar-refractivity contribution is 5.98.